The van der Waals surface area contributed by atoms with Crippen molar-refractivity contribution >= 4 is 0 Å². The highest BCUT2D eigenvalue weighted by Crippen LogP contribution is 2.29. The summed E-state index contributed by atoms with van der Waals surface area (Å²) in [6.07, 6.45) is 8.34. The fraction of sp³-hybridized carbons (Fsp3) is 0.611. The molecule has 0 saturated carbocycles. The summed E-state index contributed by atoms with van der Waals surface area (Å²) in [7, 11) is 0. The Kier molecular flexibility index (Phi) is 3.57. The zero-order valence-electron chi connectivity index (χ0n) is 13.6. The van der Waals surface area contributed by atoms with Gasteiger partial charge in [0.05, 0.1) is 12.0 Å². The summed E-state index contributed by atoms with van der Waals surface area (Å²) in [4.78, 5) is 7.21. The molecule has 0 unspecified atom stereocenters. The predicted octanol–water partition coefficient (Wildman–Crippen LogP) is 3.42. The van der Waals surface area contributed by atoms with Crippen LogP contribution in [-0.2, 0) is 19.4 Å². The summed E-state index contributed by atoms with van der Waals surface area (Å²) in [5.41, 5.74) is 4.20. The number of likely N-dealkylation sites (tertiary alicyclic amines) is 1. The zero-order valence-corrected chi connectivity index (χ0v) is 13.6. The second-order valence-corrected chi connectivity index (χ2v) is 6.87. The van der Waals surface area contributed by atoms with Gasteiger partial charge in [0.25, 0.3) is 0 Å². The molecule has 0 bridgehead atoms. The van der Waals surface area contributed by atoms with E-state index in [1.807, 2.05) is 6.92 Å². The lowest BCUT2D eigenvalue weighted by Gasteiger charge is -2.20. The lowest BCUT2D eigenvalue weighted by atomic mass is 10.0. The van der Waals surface area contributed by atoms with Gasteiger partial charge < -0.3 is 8.98 Å². The van der Waals surface area contributed by atoms with E-state index in [-0.39, 0.29) is 0 Å². The molecule has 22 heavy (non-hydrogen) atoms. The number of furan rings is 1. The first-order chi connectivity index (χ1) is 10.7. The van der Waals surface area contributed by atoms with Gasteiger partial charge in [-0.15, -0.1) is 0 Å². The third-order valence-corrected chi connectivity index (χ3v) is 5.24. The van der Waals surface area contributed by atoms with E-state index in [1.165, 1.54) is 55.6 Å². The second-order valence-electron chi connectivity index (χ2n) is 6.87. The van der Waals surface area contributed by atoms with Crippen molar-refractivity contribution in [1.82, 2.24) is 14.5 Å². The third-order valence-electron chi connectivity index (χ3n) is 5.24. The van der Waals surface area contributed by atoms with Crippen LogP contribution in [0.15, 0.2) is 16.8 Å². The maximum Gasteiger partial charge on any atom is 0.105 e. The molecule has 4 nitrogen and oxygen atoms in total. The molecular weight excluding hydrogens is 274 g/mol. The molecule has 1 saturated heterocycles. The van der Waals surface area contributed by atoms with Crippen LogP contribution in [0.25, 0.3) is 0 Å². The van der Waals surface area contributed by atoms with Crippen molar-refractivity contribution in [2.75, 3.05) is 13.1 Å². The monoisotopic (exact) mass is 299 g/mol. The molecule has 4 heteroatoms. The number of aromatic nitrogens is 2. The van der Waals surface area contributed by atoms with Crippen molar-refractivity contribution in [1.29, 1.82) is 0 Å². The fourth-order valence-corrected chi connectivity index (χ4v) is 4.07. The van der Waals surface area contributed by atoms with Crippen LogP contribution in [0.5, 0.6) is 0 Å². The van der Waals surface area contributed by atoms with E-state index in [2.05, 4.69) is 33.8 Å². The van der Waals surface area contributed by atoms with Crippen LogP contribution in [0.4, 0.5) is 0 Å². The van der Waals surface area contributed by atoms with Crippen molar-refractivity contribution < 1.29 is 4.42 Å². The molecule has 0 amide bonds. The lowest BCUT2D eigenvalue weighted by Crippen LogP contribution is -2.22. The van der Waals surface area contributed by atoms with Crippen molar-refractivity contribution in [2.45, 2.75) is 58.5 Å². The van der Waals surface area contributed by atoms with Gasteiger partial charge in [-0.2, -0.15) is 0 Å². The van der Waals surface area contributed by atoms with E-state index in [1.54, 1.807) is 0 Å². The molecule has 0 radical (unpaired) electrons. The second kappa shape index (κ2) is 5.58. The number of hydrogen-bond acceptors (Lipinski definition) is 3. The van der Waals surface area contributed by atoms with Gasteiger partial charge in [-0.25, -0.2) is 4.98 Å². The first kappa shape index (κ1) is 14.1. The van der Waals surface area contributed by atoms with Crippen molar-refractivity contribution in [3.63, 3.8) is 0 Å². The Morgan fingerprint density at radius 1 is 1.27 bits per heavy atom. The van der Waals surface area contributed by atoms with Gasteiger partial charge in [0, 0.05) is 36.9 Å². The molecule has 1 atom stereocenters. The maximum absolute atomic E-state index is 5.66. The van der Waals surface area contributed by atoms with Gasteiger partial charge in [0.15, 0.2) is 0 Å². The highest BCUT2D eigenvalue weighted by Gasteiger charge is 2.27. The van der Waals surface area contributed by atoms with E-state index >= 15 is 0 Å². The molecule has 0 spiro atoms. The summed E-state index contributed by atoms with van der Waals surface area (Å²) in [6, 6.07) is 2.78. The standard InChI is InChI=1S/C18H25N3O/c1-13-9-15(14(2)22-13)10-20-8-7-16(11-20)21-12-19-17-5-3-4-6-18(17)21/h9,12,16H,3-8,10-11H2,1-2H3/t16-/m0/s1. The minimum Gasteiger partial charge on any atom is -0.466 e. The Bertz CT molecular complexity index is 670. The maximum atomic E-state index is 5.66. The molecule has 4 rings (SSSR count). The highest BCUT2D eigenvalue weighted by atomic mass is 16.3. The molecule has 118 valence electrons. The van der Waals surface area contributed by atoms with Crippen molar-refractivity contribution in [2.24, 2.45) is 0 Å². The van der Waals surface area contributed by atoms with Crippen LogP contribution in [0, 0.1) is 13.8 Å². The number of hydrogen-bond donors (Lipinski definition) is 0. The Labute approximate surface area is 132 Å². The summed E-state index contributed by atoms with van der Waals surface area (Å²) in [6.45, 7) is 7.41. The molecule has 3 heterocycles. The van der Waals surface area contributed by atoms with Crippen molar-refractivity contribution in [3.8, 4) is 0 Å². The molecular formula is C18H25N3O. The number of fused-ring (bicyclic) bond motifs is 1. The van der Waals surface area contributed by atoms with Crippen molar-refractivity contribution in [3.05, 3.63) is 40.9 Å². The highest BCUT2D eigenvalue weighted by molar-refractivity contribution is 5.21. The topological polar surface area (TPSA) is 34.2 Å². The van der Waals surface area contributed by atoms with Gasteiger partial charge in [0.1, 0.15) is 11.5 Å². The van der Waals surface area contributed by atoms with E-state index in [4.69, 9.17) is 4.42 Å². The zero-order chi connectivity index (χ0) is 15.1. The van der Waals surface area contributed by atoms with Crippen LogP contribution < -0.4 is 0 Å². The van der Waals surface area contributed by atoms with Crippen LogP contribution in [-0.4, -0.2) is 27.5 Å². The first-order valence-electron chi connectivity index (χ1n) is 8.53. The van der Waals surface area contributed by atoms with Gasteiger partial charge in [-0.05, 0) is 52.0 Å². The quantitative estimate of drug-likeness (QED) is 0.871. The van der Waals surface area contributed by atoms with E-state index in [0.717, 1.165) is 24.6 Å². The SMILES string of the molecule is Cc1cc(CN2CC[C@H](n3cnc4c3CCCC4)C2)c(C)o1. The summed E-state index contributed by atoms with van der Waals surface area (Å²) >= 11 is 0. The normalized spacial score (nSPS) is 22.2. The molecule has 2 aliphatic rings. The number of imidazole rings is 1. The predicted molar refractivity (Wildman–Crippen MR) is 86.0 cm³/mol. The first-order valence-corrected chi connectivity index (χ1v) is 8.53. The molecule has 1 fully saturated rings. The molecule has 2 aromatic rings. The van der Waals surface area contributed by atoms with E-state index < -0.39 is 0 Å². The number of rotatable bonds is 3. The molecule has 1 aliphatic carbocycles. The molecule has 1 aliphatic heterocycles. The number of nitrogens with zero attached hydrogens (tertiary/aromatic N) is 3. The van der Waals surface area contributed by atoms with Gasteiger partial charge in [0.2, 0.25) is 0 Å². The lowest BCUT2D eigenvalue weighted by molar-refractivity contribution is 0.312. The van der Waals surface area contributed by atoms with Gasteiger partial charge in [-0.3, -0.25) is 4.90 Å². The van der Waals surface area contributed by atoms with E-state index in [9.17, 15) is 0 Å². The Balaban J connectivity index is 1.46. The average molecular weight is 299 g/mol. The number of aryl methyl sites for hydroxylation is 3. The molecule has 0 N–H and O–H groups in total. The summed E-state index contributed by atoms with van der Waals surface area (Å²) in [5, 5.41) is 0. The van der Waals surface area contributed by atoms with Gasteiger partial charge in [-0.1, -0.05) is 0 Å². The van der Waals surface area contributed by atoms with Crippen LogP contribution in [0.3, 0.4) is 0 Å². The minimum atomic E-state index is 0.600. The fourth-order valence-electron chi connectivity index (χ4n) is 4.07. The molecule has 0 aromatic carbocycles. The summed E-state index contributed by atoms with van der Waals surface area (Å²) in [5.74, 6) is 2.09. The Morgan fingerprint density at radius 2 is 2.14 bits per heavy atom. The van der Waals surface area contributed by atoms with Crippen LogP contribution in [0.2, 0.25) is 0 Å². The van der Waals surface area contributed by atoms with Crippen LogP contribution in [0.1, 0.15) is 53.8 Å². The average Bonchev–Trinajstić information content (AvgIpc) is 3.18. The Morgan fingerprint density at radius 3 is 2.95 bits per heavy atom. The smallest absolute Gasteiger partial charge is 0.105 e. The summed E-state index contributed by atoms with van der Waals surface area (Å²) < 4.78 is 8.13. The van der Waals surface area contributed by atoms with E-state index in [0.29, 0.717) is 6.04 Å². The Hall–Kier alpha value is -1.55. The van der Waals surface area contributed by atoms with Crippen LogP contribution >= 0.6 is 0 Å². The third kappa shape index (κ3) is 2.50. The van der Waals surface area contributed by atoms with Gasteiger partial charge >= 0.3 is 0 Å². The minimum absolute atomic E-state index is 0.600. The largest absolute Gasteiger partial charge is 0.466 e. The molecule has 2 aromatic heterocycles.